The van der Waals surface area contributed by atoms with E-state index in [4.69, 9.17) is 5.11 Å². The number of aromatic nitrogens is 2. The first kappa shape index (κ1) is 8.25. The minimum Gasteiger partial charge on any atom is -0.477 e. The Morgan fingerprint density at radius 3 is 2.85 bits per heavy atom. The van der Waals surface area contributed by atoms with E-state index in [-0.39, 0.29) is 0 Å². The molecule has 0 aromatic carbocycles. The molecule has 2 aromatic heterocycles. The topological polar surface area (TPSA) is 54.6 Å². The molecule has 0 fully saturated rings. The Bertz CT molecular complexity index is 484. The van der Waals surface area contributed by atoms with Crippen LogP contribution in [0.5, 0.6) is 0 Å². The smallest absolute Gasteiger partial charge is 0.347 e. The summed E-state index contributed by atoms with van der Waals surface area (Å²) < 4.78 is 1.81. The largest absolute Gasteiger partial charge is 0.477 e. The summed E-state index contributed by atoms with van der Waals surface area (Å²) in [5.74, 6) is -0.884. The van der Waals surface area contributed by atoms with E-state index < -0.39 is 5.97 Å². The number of carbonyl (C=O) groups is 1. The summed E-state index contributed by atoms with van der Waals surface area (Å²) in [6.07, 6.45) is 1.84. The average molecular weight is 196 g/mol. The second-order valence-electron chi connectivity index (χ2n) is 2.86. The van der Waals surface area contributed by atoms with Gasteiger partial charge in [-0.15, -0.1) is 0 Å². The SMILES string of the molecule is Cc1cn2c(C)c(C(=O)O)sc2n1. The molecule has 4 nitrogen and oxygen atoms in total. The summed E-state index contributed by atoms with van der Waals surface area (Å²) in [5, 5.41) is 8.82. The molecule has 2 heterocycles. The molecular formula is C8H8N2O2S. The molecule has 0 aliphatic carbocycles. The van der Waals surface area contributed by atoms with Crippen molar-refractivity contribution in [3.8, 4) is 0 Å². The third-order valence-electron chi connectivity index (χ3n) is 1.87. The monoisotopic (exact) mass is 196 g/mol. The molecule has 2 aromatic rings. The summed E-state index contributed by atoms with van der Waals surface area (Å²) in [4.78, 5) is 16.0. The summed E-state index contributed by atoms with van der Waals surface area (Å²) in [6, 6.07) is 0. The van der Waals surface area contributed by atoms with Crippen LogP contribution in [0, 0.1) is 13.8 Å². The molecular weight excluding hydrogens is 188 g/mol. The van der Waals surface area contributed by atoms with Crippen molar-refractivity contribution in [3.63, 3.8) is 0 Å². The number of hydrogen-bond donors (Lipinski definition) is 1. The molecule has 0 unspecified atom stereocenters. The quantitative estimate of drug-likeness (QED) is 0.755. The van der Waals surface area contributed by atoms with E-state index in [0.717, 1.165) is 16.3 Å². The molecule has 5 heteroatoms. The number of carboxylic acid groups (broad SMARTS) is 1. The Hall–Kier alpha value is -1.36. The Balaban J connectivity index is 2.76. The fourth-order valence-corrected chi connectivity index (χ4v) is 2.25. The standard InChI is InChI=1S/C8H8N2O2S/c1-4-3-10-5(2)6(7(11)12)13-8(10)9-4/h3H,1-2H3,(H,11,12). The number of thiazole rings is 1. The molecule has 13 heavy (non-hydrogen) atoms. The van der Waals surface area contributed by atoms with Crippen LogP contribution in [-0.2, 0) is 0 Å². The number of aromatic carboxylic acids is 1. The predicted octanol–water partition coefficient (Wildman–Crippen LogP) is 1.71. The molecule has 0 spiro atoms. The normalized spacial score (nSPS) is 10.9. The highest BCUT2D eigenvalue weighted by Crippen LogP contribution is 2.22. The van der Waals surface area contributed by atoms with Gasteiger partial charge in [0.2, 0.25) is 0 Å². The van der Waals surface area contributed by atoms with E-state index in [2.05, 4.69) is 4.98 Å². The van der Waals surface area contributed by atoms with E-state index >= 15 is 0 Å². The van der Waals surface area contributed by atoms with Crippen LogP contribution in [0.25, 0.3) is 4.96 Å². The number of carboxylic acids is 1. The van der Waals surface area contributed by atoms with E-state index in [1.165, 1.54) is 11.3 Å². The maximum atomic E-state index is 10.7. The molecule has 0 amide bonds. The van der Waals surface area contributed by atoms with Crippen LogP contribution >= 0.6 is 11.3 Å². The molecule has 68 valence electrons. The zero-order chi connectivity index (χ0) is 9.59. The van der Waals surface area contributed by atoms with Crippen molar-refractivity contribution in [1.82, 2.24) is 9.38 Å². The maximum Gasteiger partial charge on any atom is 0.347 e. The molecule has 0 aliphatic heterocycles. The van der Waals surface area contributed by atoms with Crippen LogP contribution in [0.1, 0.15) is 21.1 Å². The molecule has 0 aliphatic rings. The number of fused-ring (bicyclic) bond motifs is 1. The Morgan fingerprint density at radius 1 is 1.62 bits per heavy atom. The van der Waals surface area contributed by atoms with Crippen molar-refractivity contribution >= 4 is 22.3 Å². The summed E-state index contributed by atoms with van der Waals surface area (Å²) in [7, 11) is 0. The molecule has 0 saturated carbocycles. The molecule has 0 atom stereocenters. The minimum absolute atomic E-state index is 0.363. The Kier molecular flexibility index (Phi) is 1.63. The van der Waals surface area contributed by atoms with Crippen LogP contribution in [0.2, 0.25) is 0 Å². The first-order valence-corrected chi connectivity index (χ1v) is 4.59. The van der Waals surface area contributed by atoms with Gasteiger partial charge in [0.05, 0.1) is 5.69 Å². The van der Waals surface area contributed by atoms with Gasteiger partial charge >= 0.3 is 5.97 Å². The molecule has 0 saturated heterocycles. The van der Waals surface area contributed by atoms with Gasteiger partial charge in [0.15, 0.2) is 4.96 Å². The fourth-order valence-electron chi connectivity index (χ4n) is 1.26. The van der Waals surface area contributed by atoms with Crippen LogP contribution in [-0.4, -0.2) is 20.5 Å². The molecule has 0 radical (unpaired) electrons. The van der Waals surface area contributed by atoms with E-state index in [0.29, 0.717) is 4.88 Å². The summed E-state index contributed by atoms with van der Waals surface area (Å²) in [6.45, 7) is 3.67. The number of hydrogen-bond acceptors (Lipinski definition) is 3. The van der Waals surface area contributed by atoms with Gasteiger partial charge in [0, 0.05) is 11.9 Å². The number of imidazole rings is 1. The average Bonchev–Trinajstić information content (AvgIpc) is 2.51. The van der Waals surface area contributed by atoms with Crippen LogP contribution in [0.3, 0.4) is 0 Å². The maximum absolute atomic E-state index is 10.7. The highest BCUT2D eigenvalue weighted by Gasteiger charge is 2.15. The highest BCUT2D eigenvalue weighted by molar-refractivity contribution is 7.18. The second kappa shape index (κ2) is 2.56. The lowest BCUT2D eigenvalue weighted by molar-refractivity contribution is 0.0701. The zero-order valence-electron chi connectivity index (χ0n) is 7.24. The van der Waals surface area contributed by atoms with Crippen molar-refractivity contribution < 1.29 is 9.90 Å². The van der Waals surface area contributed by atoms with Gasteiger partial charge in [0.25, 0.3) is 0 Å². The third kappa shape index (κ3) is 1.12. The number of nitrogens with zero attached hydrogens (tertiary/aromatic N) is 2. The van der Waals surface area contributed by atoms with E-state index in [9.17, 15) is 4.79 Å². The highest BCUT2D eigenvalue weighted by atomic mass is 32.1. The van der Waals surface area contributed by atoms with Crippen molar-refractivity contribution in [2.75, 3.05) is 0 Å². The zero-order valence-corrected chi connectivity index (χ0v) is 8.05. The van der Waals surface area contributed by atoms with E-state index in [1.54, 1.807) is 6.92 Å². The number of rotatable bonds is 1. The molecule has 2 rings (SSSR count). The van der Waals surface area contributed by atoms with Crippen LogP contribution in [0.4, 0.5) is 0 Å². The summed E-state index contributed by atoms with van der Waals surface area (Å²) in [5.41, 5.74) is 1.65. The number of aryl methyl sites for hydroxylation is 2. The van der Waals surface area contributed by atoms with Crippen molar-refractivity contribution in [3.05, 3.63) is 22.5 Å². The third-order valence-corrected chi connectivity index (χ3v) is 3.02. The predicted molar refractivity (Wildman–Crippen MR) is 49.5 cm³/mol. The Labute approximate surface area is 78.5 Å². The second-order valence-corrected chi connectivity index (χ2v) is 3.83. The van der Waals surface area contributed by atoms with Gasteiger partial charge in [-0.05, 0) is 13.8 Å². The Morgan fingerprint density at radius 2 is 2.31 bits per heavy atom. The van der Waals surface area contributed by atoms with Gasteiger partial charge in [-0.25, -0.2) is 9.78 Å². The molecule has 0 bridgehead atoms. The van der Waals surface area contributed by atoms with Gasteiger partial charge < -0.3 is 5.11 Å². The van der Waals surface area contributed by atoms with Crippen molar-refractivity contribution in [2.24, 2.45) is 0 Å². The van der Waals surface area contributed by atoms with Crippen molar-refractivity contribution in [2.45, 2.75) is 13.8 Å². The van der Waals surface area contributed by atoms with E-state index in [1.807, 2.05) is 17.5 Å². The van der Waals surface area contributed by atoms with Gasteiger partial charge in [-0.3, -0.25) is 4.40 Å². The lowest BCUT2D eigenvalue weighted by Gasteiger charge is -1.90. The van der Waals surface area contributed by atoms with Gasteiger partial charge in [-0.1, -0.05) is 11.3 Å². The van der Waals surface area contributed by atoms with Crippen LogP contribution in [0.15, 0.2) is 6.20 Å². The first-order chi connectivity index (χ1) is 6.09. The fraction of sp³-hybridized carbons (Fsp3) is 0.250. The minimum atomic E-state index is -0.884. The summed E-state index contributed by atoms with van der Waals surface area (Å²) >= 11 is 1.21. The first-order valence-electron chi connectivity index (χ1n) is 3.78. The van der Waals surface area contributed by atoms with Gasteiger partial charge in [-0.2, -0.15) is 0 Å². The lowest BCUT2D eigenvalue weighted by atomic mass is 10.4. The van der Waals surface area contributed by atoms with Crippen LogP contribution < -0.4 is 0 Å². The molecule has 1 N–H and O–H groups in total. The lowest BCUT2D eigenvalue weighted by Crippen LogP contribution is -1.96. The van der Waals surface area contributed by atoms with Crippen molar-refractivity contribution in [1.29, 1.82) is 0 Å². The van der Waals surface area contributed by atoms with Gasteiger partial charge in [0.1, 0.15) is 4.88 Å².